The van der Waals surface area contributed by atoms with E-state index < -0.39 is 5.82 Å². The van der Waals surface area contributed by atoms with Gasteiger partial charge in [0.1, 0.15) is 5.82 Å². The van der Waals surface area contributed by atoms with Crippen LogP contribution >= 0.6 is 11.6 Å². The highest BCUT2D eigenvalue weighted by atomic mass is 35.5. The topological polar surface area (TPSA) is 29.4 Å². The molecule has 0 heterocycles. The summed E-state index contributed by atoms with van der Waals surface area (Å²) in [6, 6.07) is 3.15. The molecule has 0 aliphatic carbocycles. The molecule has 0 bridgehead atoms. The van der Waals surface area contributed by atoms with Crippen molar-refractivity contribution < 1.29 is 9.18 Å². The van der Waals surface area contributed by atoms with E-state index in [-0.39, 0.29) is 17.5 Å². The van der Waals surface area contributed by atoms with Crippen molar-refractivity contribution in [3.63, 3.8) is 0 Å². The standard InChI is InChI=1S/C11H11ClFNO/c1-7(2)9-3-8(5-14-6-15)4-10(12)11(9)13/h3-4,7H,5H2,1-2H3. The van der Waals surface area contributed by atoms with E-state index >= 15 is 0 Å². The summed E-state index contributed by atoms with van der Waals surface area (Å²) in [7, 11) is 0. The minimum absolute atomic E-state index is 0.0441. The van der Waals surface area contributed by atoms with Crippen LogP contribution in [0.5, 0.6) is 0 Å². The smallest absolute Gasteiger partial charge is 0.211 e. The molecule has 1 aromatic carbocycles. The van der Waals surface area contributed by atoms with Crippen LogP contribution in [0.2, 0.25) is 5.02 Å². The molecular weight excluding hydrogens is 217 g/mol. The third kappa shape index (κ3) is 2.88. The van der Waals surface area contributed by atoms with Crippen LogP contribution in [0.1, 0.15) is 30.9 Å². The Kier molecular flexibility index (Phi) is 4.01. The first kappa shape index (κ1) is 11.9. The number of isocyanates is 1. The first-order valence-corrected chi connectivity index (χ1v) is 4.95. The van der Waals surface area contributed by atoms with Crippen LogP contribution in [0.15, 0.2) is 17.1 Å². The van der Waals surface area contributed by atoms with Gasteiger partial charge in [-0.25, -0.2) is 14.2 Å². The Bertz CT molecular complexity index is 411. The summed E-state index contributed by atoms with van der Waals surface area (Å²) < 4.78 is 13.5. The van der Waals surface area contributed by atoms with Crippen molar-refractivity contribution in [2.24, 2.45) is 4.99 Å². The maximum absolute atomic E-state index is 13.5. The van der Waals surface area contributed by atoms with Crippen molar-refractivity contribution in [2.75, 3.05) is 0 Å². The van der Waals surface area contributed by atoms with Crippen molar-refractivity contribution in [3.8, 4) is 0 Å². The number of benzene rings is 1. The average Bonchev–Trinajstić information content (AvgIpc) is 2.19. The number of hydrogen-bond donors (Lipinski definition) is 0. The molecule has 0 atom stereocenters. The Hall–Kier alpha value is -1.18. The summed E-state index contributed by atoms with van der Waals surface area (Å²) >= 11 is 5.73. The molecule has 1 rings (SSSR count). The second-order valence-corrected chi connectivity index (χ2v) is 3.95. The fourth-order valence-electron chi connectivity index (χ4n) is 1.30. The van der Waals surface area contributed by atoms with Crippen LogP contribution in [0.25, 0.3) is 0 Å². The van der Waals surface area contributed by atoms with Gasteiger partial charge < -0.3 is 0 Å². The van der Waals surface area contributed by atoms with Crippen molar-refractivity contribution in [1.29, 1.82) is 0 Å². The van der Waals surface area contributed by atoms with Crippen molar-refractivity contribution in [3.05, 3.63) is 34.1 Å². The lowest BCUT2D eigenvalue weighted by Crippen LogP contribution is -1.96. The molecule has 15 heavy (non-hydrogen) atoms. The third-order valence-electron chi connectivity index (χ3n) is 2.06. The predicted molar refractivity (Wildman–Crippen MR) is 57.3 cm³/mol. The molecule has 0 N–H and O–H groups in total. The molecule has 0 aliphatic heterocycles. The first-order chi connectivity index (χ1) is 7.06. The van der Waals surface area contributed by atoms with Gasteiger partial charge in [-0.2, -0.15) is 0 Å². The maximum Gasteiger partial charge on any atom is 0.235 e. The zero-order valence-corrected chi connectivity index (χ0v) is 9.31. The minimum atomic E-state index is -0.398. The highest BCUT2D eigenvalue weighted by Gasteiger charge is 2.11. The molecule has 0 spiro atoms. The van der Waals surface area contributed by atoms with E-state index in [9.17, 15) is 9.18 Å². The monoisotopic (exact) mass is 227 g/mol. The van der Waals surface area contributed by atoms with Crippen molar-refractivity contribution in [1.82, 2.24) is 0 Å². The zero-order chi connectivity index (χ0) is 11.4. The van der Waals surface area contributed by atoms with Gasteiger partial charge in [0.25, 0.3) is 0 Å². The van der Waals surface area contributed by atoms with E-state index in [1.54, 1.807) is 6.07 Å². The van der Waals surface area contributed by atoms with Gasteiger partial charge in [-0.15, -0.1) is 0 Å². The maximum atomic E-state index is 13.5. The van der Waals surface area contributed by atoms with Crippen LogP contribution in [-0.4, -0.2) is 6.08 Å². The Balaban J connectivity index is 3.16. The molecule has 0 fully saturated rings. The van der Waals surface area contributed by atoms with E-state index in [1.807, 2.05) is 13.8 Å². The number of halogens is 2. The lowest BCUT2D eigenvalue weighted by molar-refractivity contribution is 0.562. The number of hydrogen-bond acceptors (Lipinski definition) is 2. The zero-order valence-electron chi connectivity index (χ0n) is 8.55. The molecule has 0 unspecified atom stereocenters. The van der Waals surface area contributed by atoms with Gasteiger partial charge in [0.2, 0.25) is 6.08 Å². The van der Waals surface area contributed by atoms with Crippen LogP contribution in [-0.2, 0) is 11.3 Å². The summed E-state index contributed by atoms with van der Waals surface area (Å²) in [5, 5.41) is 0.0669. The number of nitrogens with zero attached hydrogens (tertiary/aromatic N) is 1. The molecule has 2 nitrogen and oxygen atoms in total. The van der Waals surface area contributed by atoms with Gasteiger partial charge >= 0.3 is 0 Å². The minimum Gasteiger partial charge on any atom is -0.211 e. The molecule has 1 aromatic rings. The molecule has 0 radical (unpaired) electrons. The largest absolute Gasteiger partial charge is 0.235 e. The van der Waals surface area contributed by atoms with Crippen molar-refractivity contribution >= 4 is 17.7 Å². The van der Waals surface area contributed by atoms with E-state index in [0.717, 1.165) is 0 Å². The van der Waals surface area contributed by atoms with E-state index in [2.05, 4.69) is 4.99 Å². The normalized spacial score (nSPS) is 10.2. The van der Waals surface area contributed by atoms with E-state index in [1.165, 1.54) is 12.1 Å². The summed E-state index contributed by atoms with van der Waals surface area (Å²) in [5.74, 6) is -0.354. The highest BCUT2D eigenvalue weighted by molar-refractivity contribution is 6.30. The van der Waals surface area contributed by atoms with Crippen LogP contribution in [0.4, 0.5) is 4.39 Å². The highest BCUT2D eigenvalue weighted by Crippen LogP contribution is 2.26. The fraction of sp³-hybridized carbons (Fsp3) is 0.364. The van der Waals surface area contributed by atoms with Crippen molar-refractivity contribution in [2.45, 2.75) is 26.3 Å². The average molecular weight is 228 g/mol. The van der Waals surface area contributed by atoms with Gasteiger partial charge in [-0.1, -0.05) is 31.5 Å². The number of aliphatic imine (C=N–C) groups is 1. The summed E-state index contributed by atoms with van der Waals surface area (Å²) in [6.07, 6.45) is 1.44. The second kappa shape index (κ2) is 5.06. The van der Waals surface area contributed by atoms with E-state index in [0.29, 0.717) is 11.1 Å². The van der Waals surface area contributed by atoms with Gasteiger partial charge in [-0.05, 0) is 23.1 Å². The molecule has 0 saturated carbocycles. The van der Waals surface area contributed by atoms with Gasteiger partial charge in [0.15, 0.2) is 0 Å². The second-order valence-electron chi connectivity index (χ2n) is 3.54. The Morgan fingerprint density at radius 2 is 2.20 bits per heavy atom. The lowest BCUT2D eigenvalue weighted by atomic mass is 10.00. The summed E-state index contributed by atoms with van der Waals surface area (Å²) in [6.45, 7) is 3.94. The number of carbonyl (C=O) groups excluding carboxylic acids is 1. The Morgan fingerprint density at radius 1 is 1.53 bits per heavy atom. The molecule has 0 amide bonds. The summed E-state index contributed by atoms with van der Waals surface area (Å²) in [4.78, 5) is 13.4. The predicted octanol–water partition coefficient (Wildman–Crippen LogP) is 3.44. The third-order valence-corrected chi connectivity index (χ3v) is 2.34. The van der Waals surface area contributed by atoms with Crippen LogP contribution in [0, 0.1) is 5.82 Å². The molecule has 0 aromatic heterocycles. The molecule has 4 heteroatoms. The van der Waals surface area contributed by atoms with Gasteiger partial charge in [0, 0.05) is 0 Å². The fourth-order valence-corrected chi connectivity index (χ4v) is 1.55. The van der Waals surface area contributed by atoms with Crippen LogP contribution in [0.3, 0.4) is 0 Å². The first-order valence-electron chi connectivity index (χ1n) is 4.57. The van der Waals surface area contributed by atoms with Crippen LogP contribution < -0.4 is 0 Å². The molecule has 80 valence electrons. The Morgan fingerprint density at radius 3 is 2.73 bits per heavy atom. The lowest BCUT2D eigenvalue weighted by Gasteiger charge is -2.10. The SMILES string of the molecule is CC(C)c1cc(CN=C=O)cc(Cl)c1F. The Labute approximate surface area is 92.8 Å². The molecule has 0 aliphatic rings. The van der Waals surface area contributed by atoms with Gasteiger partial charge in [0.05, 0.1) is 11.6 Å². The molecule has 0 saturated heterocycles. The summed E-state index contributed by atoms with van der Waals surface area (Å²) in [5.41, 5.74) is 1.26. The molecular formula is C11H11ClFNO. The van der Waals surface area contributed by atoms with Gasteiger partial charge in [-0.3, -0.25) is 0 Å². The van der Waals surface area contributed by atoms with E-state index in [4.69, 9.17) is 11.6 Å². The number of rotatable bonds is 3. The quantitative estimate of drug-likeness (QED) is 0.575.